The van der Waals surface area contributed by atoms with Crippen molar-refractivity contribution in [3.05, 3.63) is 23.9 Å². The van der Waals surface area contributed by atoms with Gasteiger partial charge < -0.3 is 15.5 Å². The maximum Gasteiger partial charge on any atom is 0.224 e. The van der Waals surface area contributed by atoms with Gasteiger partial charge in [-0.1, -0.05) is 13.0 Å². The fraction of sp³-hybridized carbons (Fsp3) is 0.647. The van der Waals surface area contributed by atoms with E-state index < -0.39 is 0 Å². The van der Waals surface area contributed by atoms with Crippen LogP contribution in [0.2, 0.25) is 0 Å². The molecule has 1 aromatic heterocycles. The number of halogens is 2. The first-order chi connectivity index (χ1) is 10.7. The molecule has 1 aromatic rings. The smallest absolute Gasteiger partial charge is 0.224 e. The number of piperidine rings is 1. The normalized spacial score (nSPS) is 20.9. The number of nitrogens with one attached hydrogen (secondary N) is 2. The molecule has 1 atom stereocenters. The number of nitrogens with zero attached hydrogens (tertiary/aromatic N) is 2. The molecule has 7 heteroatoms. The molecule has 2 fully saturated rings. The number of hydrogen-bond acceptors (Lipinski definition) is 4. The predicted octanol–water partition coefficient (Wildman–Crippen LogP) is 2.39. The van der Waals surface area contributed by atoms with Gasteiger partial charge in [-0.3, -0.25) is 4.79 Å². The average molecular weight is 375 g/mol. The molecule has 2 N–H and O–H groups in total. The molecule has 2 aliphatic heterocycles. The average Bonchev–Trinajstić information content (AvgIpc) is 3.08. The van der Waals surface area contributed by atoms with E-state index in [9.17, 15) is 4.79 Å². The molecular formula is C17H28Cl2N4O. The first-order valence-electron chi connectivity index (χ1n) is 8.40. The van der Waals surface area contributed by atoms with E-state index >= 15 is 0 Å². The van der Waals surface area contributed by atoms with Crippen LogP contribution >= 0.6 is 24.8 Å². The van der Waals surface area contributed by atoms with Gasteiger partial charge >= 0.3 is 0 Å². The number of carbonyl (C=O) groups is 1. The van der Waals surface area contributed by atoms with Crippen LogP contribution < -0.4 is 15.5 Å². The highest BCUT2D eigenvalue weighted by molar-refractivity contribution is 5.85. The van der Waals surface area contributed by atoms with Crippen LogP contribution in [0.3, 0.4) is 0 Å². The van der Waals surface area contributed by atoms with Gasteiger partial charge in [0.1, 0.15) is 5.82 Å². The van der Waals surface area contributed by atoms with Crippen molar-refractivity contribution in [1.29, 1.82) is 0 Å². The number of pyridine rings is 1. The summed E-state index contributed by atoms with van der Waals surface area (Å²) in [5.74, 6) is 2.17. The topological polar surface area (TPSA) is 57.3 Å². The summed E-state index contributed by atoms with van der Waals surface area (Å²) < 4.78 is 0. The van der Waals surface area contributed by atoms with Gasteiger partial charge in [-0.05, 0) is 43.4 Å². The first-order valence-corrected chi connectivity index (χ1v) is 8.40. The third-order valence-electron chi connectivity index (χ3n) is 4.81. The molecule has 1 unspecified atom stereocenters. The van der Waals surface area contributed by atoms with E-state index in [0.717, 1.165) is 49.9 Å². The van der Waals surface area contributed by atoms with Crippen molar-refractivity contribution in [2.24, 2.45) is 11.8 Å². The highest BCUT2D eigenvalue weighted by atomic mass is 35.5. The summed E-state index contributed by atoms with van der Waals surface area (Å²) in [7, 11) is 0. The molecule has 5 nitrogen and oxygen atoms in total. The Hall–Kier alpha value is -1.04. The summed E-state index contributed by atoms with van der Waals surface area (Å²) in [5.41, 5.74) is 1.06. The Bertz CT molecular complexity index is 498. The quantitative estimate of drug-likeness (QED) is 0.849. The number of rotatable bonds is 4. The van der Waals surface area contributed by atoms with E-state index in [-0.39, 0.29) is 36.6 Å². The second-order valence-electron chi connectivity index (χ2n) is 6.60. The molecular weight excluding hydrogens is 347 g/mol. The lowest BCUT2D eigenvalue weighted by molar-refractivity contribution is -0.124. The fourth-order valence-corrected chi connectivity index (χ4v) is 3.16. The van der Waals surface area contributed by atoms with Gasteiger partial charge in [0.15, 0.2) is 0 Å². The lowest BCUT2D eigenvalue weighted by Crippen LogP contribution is -2.33. The number of hydrogen-bond donors (Lipinski definition) is 2. The SMILES string of the molecule is CC1CCN(c2ccc(CNC(=O)C3CCNC3)cn2)CC1.Cl.Cl. The van der Waals surface area contributed by atoms with Crippen LogP contribution in [-0.4, -0.2) is 37.1 Å². The van der Waals surface area contributed by atoms with Crippen molar-refractivity contribution in [3.63, 3.8) is 0 Å². The summed E-state index contributed by atoms with van der Waals surface area (Å²) in [6.07, 6.45) is 5.32. The highest BCUT2D eigenvalue weighted by Crippen LogP contribution is 2.21. The van der Waals surface area contributed by atoms with Crippen LogP contribution in [-0.2, 0) is 11.3 Å². The van der Waals surface area contributed by atoms with Crippen LogP contribution in [0.4, 0.5) is 5.82 Å². The van der Waals surface area contributed by atoms with E-state index in [1.54, 1.807) is 0 Å². The molecule has 0 saturated carbocycles. The van der Waals surface area contributed by atoms with Crippen molar-refractivity contribution < 1.29 is 4.79 Å². The van der Waals surface area contributed by atoms with Crippen molar-refractivity contribution in [3.8, 4) is 0 Å². The van der Waals surface area contributed by atoms with E-state index in [1.165, 1.54) is 12.8 Å². The number of anilines is 1. The predicted molar refractivity (Wildman–Crippen MR) is 102 cm³/mol. The fourth-order valence-electron chi connectivity index (χ4n) is 3.16. The zero-order valence-corrected chi connectivity index (χ0v) is 15.8. The molecule has 136 valence electrons. The molecule has 0 radical (unpaired) electrons. The van der Waals surface area contributed by atoms with Crippen molar-refractivity contribution in [1.82, 2.24) is 15.6 Å². The van der Waals surface area contributed by atoms with E-state index in [0.29, 0.717) is 6.54 Å². The monoisotopic (exact) mass is 374 g/mol. The first kappa shape index (κ1) is 21.0. The lowest BCUT2D eigenvalue weighted by Gasteiger charge is -2.31. The van der Waals surface area contributed by atoms with Gasteiger partial charge in [0.2, 0.25) is 5.91 Å². The maximum atomic E-state index is 12.0. The number of carbonyl (C=O) groups excluding carboxylic acids is 1. The summed E-state index contributed by atoms with van der Waals surface area (Å²) in [4.78, 5) is 18.9. The molecule has 2 aliphatic rings. The third kappa shape index (κ3) is 5.50. The van der Waals surface area contributed by atoms with Gasteiger partial charge in [0, 0.05) is 32.4 Å². The number of amides is 1. The molecule has 24 heavy (non-hydrogen) atoms. The Balaban J connectivity index is 0.00000144. The molecule has 3 heterocycles. The van der Waals surface area contributed by atoms with Gasteiger partial charge in [-0.15, -0.1) is 24.8 Å². The van der Waals surface area contributed by atoms with Crippen molar-refractivity contribution >= 4 is 36.5 Å². The molecule has 0 aromatic carbocycles. The molecule has 0 aliphatic carbocycles. The standard InChI is InChI=1S/C17H26N4O.2ClH/c1-13-5-8-21(9-6-13)16-3-2-14(10-19-16)11-20-17(22)15-4-7-18-12-15;;/h2-3,10,13,15,18H,4-9,11-12H2,1H3,(H,20,22);2*1H. The minimum absolute atomic E-state index is 0. The minimum atomic E-state index is 0. The van der Waals surface area contributed by atoms with Gasteiger partial charge in [0.05, 0.1) is 5.92 Å². The molecule has 0 bridgehead atoms. The van der Waals surface area contributed by atoms with E-state index in [4.69, 9.17) is 0 Å². The van der Waals surface area contributed by atoms with Crippen LogP contribution in [0.5, 0.6) is 0 Å². The van der Waals surface area contributed by atoms with Gasteiger partial charge in [-0.25, -0.2) is 4.98 Å². The number of aromatic nitrogens is 1. The maximum absolute atomic E-state index is 12.0. The zero-order chi connectivity index (χ0) is 15.4. The molecule has 0 spiro atoms. The van der Waals surface area contributed by atoms with Crippen molar-refractivity contribution in [2.75, 3.05) is 31.1 Å². The van der Waals surface area contributed by atoms with Crippen molar-refractivity contribution in [2.45, 2.75) is 32.7 Å². The largest absolute Gasteiger partial charge is 0.357 e. The van der Waals surface area contributed by atoms with Crippen LogP contribution in [0.25, 0.3) is 0 Å². The lowest BCUT2D eigenvalue weighted by atomic mass is 9.99. The molecule has 1 amide bonds. The third-order valence-corrected chi connectivity index (χ3v) is 4.81. The highest BCUT2D eigenvalue weighted by Gasteiger charge is 2.22. The Morgan fingerprint density at radius 3 is 2.62 bits per heavy atom. The molecule has 2 saturated heterocycles. The molecule has 3 rings (SSSR count). The Morgan fingerprint density at radius 2 is 2.04 bits per heavy atom. The van der Waals surface area contributed by atoms with Gasteiger partial charge in [-0.2, -0.15) is 0 Å². The van der Waals surface area contributed by atoms with E-state index in [1.807, 2.05) is 6.20 Å². The van der Waals surface area contributed by atoms with Crippen LogP contribution in [0, 0.1) is 11.8 Å². The van der Waals surface area contributed by atoms with Crippen LogP contribution in [0.15, 0.2) is 18.3 Å². The second kappa shape index (κ2) is 10.1. The summed E-state index contributed by atoms with van der Waals surface area (Å²) >= 11 is 0. The zero-order valence-electron chi connectivity index (χ0n) is 14.2. The Kier molecular flexibility index (Phi) is 8.81. The van der Waals surface area contributed by atoms with Gasteiger partial charge in [0.25, 0.3) is 0 Å². The summed E-state index contributed by atoms with van der Waals surface area (Å²) in [6, 6.07) is 4.15. The Labute approximate surface area is 156 Å². The summed E-state index contributed by atoms with van der Waals surface area (Å²) in [5, 5.41) is 6.23. The Morgan fingerprint density at radius 1 is 1.29 bits per heavy atom. The van der Waals surface area contributed by atoms with E-state index in [2.05, 4.69) is 39.6 Å². The van der Waals surface area contributed by atoms with Crippen LogP contribution in [0.1, 0.15) is 31.7 Å². The minimum Gasteiger partial charge on any atom is -0.357 e. The summed E-state index contributed by atoms with van der Waals surface area (Å²) in [6.45, 7) is 6.83. The second-order valence-corrected chi connectivity index (χ2v) is 6.60.